The van der Waals surface area contributed by atoms with E-state index in [0.717, 1.165) is 0 Å². The Balaban J connectivity index is 3.30. The highest BCUT2D eigenvalue weighted by Crippen LogP contribution is 2.26. The van der Waals surface area contributed by atoms with Gasteiger partial charge < -0.3 is 9.94 Å². The van der Waals surface area contributed by atoms with Crippen molar-refractivity contribution >= 4 is 35.4 Å². The second-order valence-electron chi connectivity index (χ2n) is 2.54. The maximum atomic E-state index is 10.8. The van der Waals surface area contributed by atoms with Crippen LogP contribution in [0.3, 0.4) is 0 Å². The van der Waals surface area contributed by atoms with Gasteiger partial charge in [0.05, 0.1) is 21.8 Å². The predicted octanol–water partition coefficient (Wildman–Crippen LogP) is 2.67. The molecular formula is C9H7Cl2NO3. The molecule has 1 aromatic carbocycles. The fraction of sp³-hybridized carbons (Fsp3) is 0.111. The van der Waals surface area contributed by atoms with Crippen molar-refractivity contribution in [2.75, 3.05) is 7.11 Å². The van der Waals surface area contributed by atoms with Crippen LogP contribution in [0.1, 0.15) is 15.9 Å². The Morgan fingerprint density at radius 3 is 2.73 bits per heavy atom. The zero-order valence-corrected chi connectivity index (χ0v) is 9.21. The fourth-order valence-electron chi connectivity index (χ4n) is 0.958. The lowest BCUT2D eigenvalue weighted by Crippen LogP contribution is -2.00. The van der Waals surface area contributed by atoms with Crippen LogP contribution >= 0.6 is 23.2 Å². The SMILES string of the molecule is CO/N=C/c1c(Cl)ccc(C(=O)O)c1Cl. The molecule has 1 aromatic rings. The summed E-state index contributed by atoms with van der Waals surface area (Å²) in [7, 11) is 1.36. The molecular weight excluding hydrogens is 241 g/mol. The summed E-state index contributed by atoms with van der Waals surface area (Å²) in [5.74, 6) is -1.12. The van der Waals surface area contributed by atoms with Crippen LogP contribution in [0.15, 0.2) is 17.3 Å². The van der Waals surface area contributed by atoms with Crippen molar-refractivity contribution in [3.05, 3.63) is 33.3 Å². The van der Waals surface area contributed by atoms with Crippen LogP contribution in [0.4, 0.5) is 0 Å². The Hall–Kier alpha value is -1.26. The molecule has 0 aliphatic rings. The van der Waals surface area contributed by atoms with Crippen molar-refractivity contribution in [1.29, 1.82) is 0 Å². The van der Waals surface area contributed by atoms with Gasteiger partial charge >= 0.3 is 5.97 Å². The van der Waals surface area contributed by atoms with Crippen LogP contribution in [-0.4, -0.2) is 24.4 Å². The summed E-state index contributed by atoms with van der Waals surface area (Å²) < 4.78 is 0. The summed E-state index contributed by atoms with van der Waals surface area (Å²) in [4.78, 5) is 15.2. The first-order valence-corrected chi connectivity index (χ1v) is 4.61. The average Bonchev–Trinajstić information content (AvgIpc) is 2.17. The molecule has 0 atom stereocenters. The summed E-state index contributed by atoms with van der Waals surface area (Å²) in [6, 6.07) is 2.77. The molecule has 0 spiro atoms. The quantitative estimate of drug-likeness (QED) is 0.660. The van der Waals surface area contributed by atoms with E-state index in [-0.39, 0.29) is 10.6 Å². The van der Waals surface area contributed by atoms with E-state index in [2.05, 4.69) is 9.99 Å². The van der Waals surface area contributed by atoms with Gasteiger partial charge in [0.15, 0.2) is 0 Å². The number of carboxylic acid groups (broad SMARTS) is 1. The molecule has 0 unspecified atom stereocenters. The predicted molar refractivity (Wildman–Crippen MR) is 58.0 cm³/mol. The number of aromatic carboxylic acids is 1. The van der Waals surface area contributed by atoms with E-state index in [9.17, 15) is 4.79 Å². The van der Waals surface area contributed by atoms with E-state index < -0.39 is 5.97 Å². The summed E-state index contributed by atoms with van der Waals surface area (Å²) >= 11 is 11.7. The summed E-state index contributed by atoms with van der Waals surface area (Å²) in [6.45, 7) is 0. The molecule has 0 fully saturated rings. The Kier molecular flexibility index (Phi) is 3.94. The number of hydrogen-bond acceptors (Lipinski definition) is 3. The van der Waals surface area contributed by atoms with Gasteiger partial charge in [-0.25, -0.2) is 4.79 Å². The van der Waals surface area contributed by atoms with Crippen molar-refractivity contribution in [2.45, 2.75) is 0 Å². The number of carbonyl (C=O) groups is 1. The Morgan fingerprint density at radius 2 is 2.20 bits per heavy atom. The van der Waals surface area contributed by atoms with Crippen molar-refractivity contribution in [2.24, 2.45) is 5.16 Å². The standard InChI is InChI=1S/C9H7Cl2NO3/c1-15-12-4-6-7(10)3-2-5(8(6)11)9(13)14/h2-4H,1H3,(H,13,14)/b12-4+. The van der Waals surface area contributed by atoms with Crippen LogP contribution < -0.4 is 0 Å². The van der Waals surface area contributed by atoms with E-state index in [4.69, 9.17) is 28.3 Å². The van der Waals surface area contributed by atoms with E-state index in [1.165, 1.54) is 25.5 Å². The van der Waals surface area contributed by atoms with Gasteiger partial charge in [-0.2, -0.15) is 0 Å². The second-order valence-corrected chi connectivity index (χ2v) is 3.33. The lowest BCUT2D eigenvalue weighted by Gasteiger charge is -2.04. The normalized spacial score (nSPS) is 10.6. The minimum Gasteiger partial charge on any atom is -0.478 e. The maximum Gasteiger partial charge on any atom is 0.337 e. The molecule has 1 rings (SSSR count). The fourth-order valence-corrected chi connectivity index (χ4v) is 1.51. The number of hydrogen-bond donors (Lipinski definition) is 1. The maximum absolute atomic E-state index is 10.8. The molecule has 0 aromatic heterocycles. The summed E-state index contributed by atoms with van der Waals surface area (Å²) in [5.41, 5.74) is 0.290. The van der Waals surface area contributed by atoms with Crippen LogP contribution in [0, 0.1) is 0 Å². The van der Waals surface area contributed by atoms with Gasteiger partial charge in [-0.15, -0.1) is 0 Å². The third-order valence-corrected chi connectivity index (χ3v) is 2.38. The number of rotatable bonds is 3. The molecule has 0 bridgehead atoms. The average molecular weight is 248 g/mol. The van der Waals surface area contributed by atoms with Crippen LogP contribution in [-0.2, 0) is 4.84 Å². The first kappa shape index (κ1) is 11.8. The van der Waals surface area contributed by atoms with Crippen molar-refractivity contribution in [1.82, 2.24) is 0 Å². The topological polar surface area (TPSA) is 58.9 Å². The molecule has 0 saturated carbocycles. The van der Waals surface area contributed by atoms with Gasteiger partial charge in [0, 0.05) is 5.56 Å². The molecule has 6 heteroatoms. The second kappa shape index (κ2) is 5.00. The molecule has 1 N–H and O–H groups in total. The number of nitrogens with zero attached hydrogens (tertiary/aromatic N) is 1. The van der Waals surface area contributed by atoms with Crippen LogP contribution in [0.25, 0.3) is 0 Å². The van der Waals surface area contributed by atoms with Crippen LogP contribution in [0.5, 0.6) is 0 Å². The van der Waals surface area contributed by atoms with Gasteiger partial charge in [0.25, 0.3) is 0 Å². The Morgan fingerprint density at radius 1 is 1.53 bits per heavy atom. The van der Waals surface area contributed by atoms with Gasteiger partial charge in [0.1, 0.15) is 7.11 Å². The number of halogens is 2. The van der Waals surface area contributed by atoms with Gasteiger partial charge in [-0.3, -0.25) is 0 Å². The van der Waals surface area contributed by atoms with Crippen molar-refractivity contribution < 1.29 is 14.7 Å². The monoisotopic (exact) mass is 247 g/mol. The molecule has 4 nitrogen and oxygen atoms in total. The number of oxime groups is 1. The van der Waals surface area contributed by atoms with Gasteiger partial charge in [-0.1, -0.05) is 28.4 Å². The highest BCUT2D eigenvalue weighted by molar-refractivity contribution is 6.40. The number of carboxylic acids is 1. The first-order valence-electron chi connectivity index (χ1n) is 3.85. The molecule has 0 aliphatic heterocycles. The molecule has 0 aliphatic carbocycles. The van der Waals surface area contributed by atoms with E-state index in [1.54, 1.807) is 0 Å². The first-order chi connectivity index (χ1) is 7.07. The molecule has 0 radical (unpaired) electrons. The summed E-state index contributed by atoms with van der Waals surface area (Å²) in [5, 5.41) is 12.6. The minimum absolute atomic E-state index is 0.0291. The lowest BCUT2D eigenvalue weighted by atomic mass is 10.1. The smallest absolute Gasteiger partial charge is 0.337 e. The third-order valence-electron chi connectivity index (χ3n) is 1.64. The molecule has 0 amide bonds. The Bertz CT molecular complexity index is 418. The highest BCUT2D eigenvalue weighted by Gasteiger charge is 2.14. The summed E-state index contributed by atoms with van der Waals surface area (Å²) in [6.07, 6.45) is 1.26. The van der Waals surface area contributed by atoms with Crippen LogP contribution in [0.2, 0.25) is 10.0 Å². The van der Waals surface area contributed by atoms with E-state index in [0.29, 0.717) is 10.6 Å². The lowest BCUT2D eigenvalue weighted by molar-refractivity contribution is 0.0697. The largest absolute Gasteiger partial charge is 0.478 e. The molecule has 0 saturated heterocycles. The highest BCUT2D eigenvalue weighted by atomic mass is 35.5. The van der Waals surface area contributed by atoms with Crippen molar-refractivity contribution in [3.8, 4) is 0 Å². The Labute approximate surface area is 96.1 Å². The van der Waals surface area contributed by atoms with Gasteiger partial charge in [-0.05, 0) is 12.1 Å². The molecule has 0 heterocycles. The van der Waals surface area contributed by atoms with E-state index >= 15 is 0 Å². The number of benzene rings is 1. The minimum atomic E-state index is -1.12. The van der Waals surface area contributed by atoms with Crippen molar-refractivity contribution in [3.63, 3.8) is 0 Å². The zero-order valence-electron chi connectivity index (χ0n) is 7.70. The third kappa shape index (κ3) is 2.61. The zero-order chi connectivity index (χ0) is 11.4. The molecule has 80 valence electrons. The van der Waals surface area contributed by atoms with E-state index in [1.807, 2.05) is 0 Å². The van der Waals surface area contributed by atoms with Gasteiger partial charge in [0.2, 0.25) is 0 Å². The molecule has 15 heavy (non-hydrogen) atoms.